The molecule has 0 unspecified atom stereocenters. The van der Waals surface area contributed by atoms with Crippen LogP contribution in [0.3, 0.4) is 0 Å². The second-order valence-corrected chi connectivity index (χ2v) is 5.09. The highest BCUT2D eigenvalue weighted by molar-refractivity contribution is 6.30. The number of carbonyl (C=O) groups excluding carboxylic acids is 2. The molecule has 1 aliphatic rings. The molecule has 0 spiro atoms. The molecule has 0 amide bonds. The zero-order chi connectivity index (χ0) is 15.3. The third-order valence-electron chi connectivity index (χ3n) is 4.05. The fourth-order valence-electron chi connectivity index (χ4n) is 2.80. The molecule has 0 radical (unpaired) electrons. The number of aromatic hydroxyl groups is 1. The lowest BCUT2D eigenvalue weighted by atomic mass is 9.81. The summed E-state index contributed by atoms with van der Waals surface area (Å²) in [7, 11) is 1.46. The predicted molar refractivity (Wildman–Crippen MR) is 77.4 cm³/mol. The van der Waals surface area contributed by atoms with Crippen LogP contribution in [0.1, 0.15) is 43.0 Å². The maximum absolute atomic E-state index is 12.7. The molecule has 4 nitrogen and oxygen atoms in total. The van der Waals surface area contributed by atoms with Crippen molar-refractivity contribution in [3.63, 3.8) is 0 Å². The number of ether oxygens (including phenoxy) is 1. The lowest BCUT2D eigenvalue weighted by Gasteiger charge is -2.23. The van der Waals surface area contributed by atoms with Gasteiger partial charge in [-0.05, 0) is 25.0 Å². The summed E-state index contributed by atoms with van der Waals surface area (Å²) in [6, 6.07) is 6.62. The molecule has 2 aromatic carbocycles. The lowest BCUT2D eigenvalue weighted by Crippen LogP contribution is -2.22. The predicted octanol–water partition coefficient (Wildman–Crippen LogP) is 2.79. The Balaban J connectivity index is 2.46. The number of fused-ring (bicyclic) bond motifs is 2. The van der Waals surface area contributed by atoms with Crippen LogP contribution >= 0.6 is 0 Å². The minimum Gasteiger partial charge on any atom is -0.507 e. The molecule has 0 aliphatic heterocycles. The number of phenols is 1. The smallest absolute Gasteiger partial charge is 0.198 e. The zero-order valence-corrected chi connectivity index (χ0v) is 12.0. The summed E-state index contributed by atoms with van der Waals surface area (Å²) in [5.74, 6) is -0.432. The van der Waals surface area contributed by atoms with Crippen molar-refractivity contribution in [3.05, 3.63) is 57.6 Å². The van der Waals surface area contributed by atoms with E-state index in [0.717, 1.165) is 0 Å². The average Bonchev–Trinajstić information content (AvgIpc) is 2.50. The van der Waals surface area contributed by atoms with Gasteiger partial charge in [-0.2, -0.15) is 0 Å². The Bertz CT molecular complexity index is 803. The molecule has 106 valence electrons. The van der Waals surface area contributed by atoms with Crippen LogP contribution in [0.5, 0.6) is 11.5 Å². The van der Waals surface area contributed by atoms with E-state index in [9.17, 15) is 14.7 Å². The van der Waals surface area contributed by atoms with Gasteiger partial charge in [0.2, 0.25) is 0 Å². The van der Waals surface area contributed by atoms with Crippen molar-refractivity contribution in [3.8, 4) is 11.5 Å². The second-order valence-electron chi connectivity index (χ2n) is 5.09. The summed E-state index contributed by atoms with van der Waals surface area (Å²) in [4.78, 5) is 25.3. The highest BCUT2D eigenvalue weighted by Crippen LogP contribution is 2.42. The summed E-state index contributed by atoms with van der Waals surface area (Å²) < 4.78 is 5.33. The molecule has 1 aliphatic carbocycles. The van der Waals surface area contributed by atoms with Crippen molar-refractivity contribution in [1.29, 1.82) is 0 Å². The number of phenolic OH excluding ortho intramolecular Hbond substituents is 1. The maximum Gasteiger partial charge on any atom is 0.198 e. The van der Waals surface area contributed by atoms with E-state index in [2.05, 4.69) is 0 Å². The average molecular weight is 282 g/mol. The molecule has 1 N–H and O–H groups in total. The minimum atomic E-state index is -0.348. The summed E-state index contributed by atoms with van der Waals surface area (Å²) in [6.07, 6.45) is 0. The van der Waals surface area contributed by atoms with E-state index in [-0.39, 0.29) is 28.4 Å². The fraction of sp³-hybridized carbons (Fsp3) is 0.176. The van der Waals surface area contributed by atoms with Gasteiger partial charge in [0.25, 0.3) is 0 Å². The Hall–Kier alpha value is -2.62. The van der Waals surface area contributed by atoms with Crippen LogP contribution in [-0.4, -0.2) is 23.8 Å². The Morgan fingerprint density at radius 2 is 1.43 bits per heavy atom. The van der Waals surface area contributed by atoms with Crippen molar-refractivity contribution in [2.75, 3.05) is 7.11 Å². The quantitative estimate of drug-likeness (QED) is 0.745. The highest BCUT2D eigenvalue weighted by atomic mass is 16.5. The molecule has 3 rings (SSSR count). The molecule has 0 saturated carbocycles. The summed E-state index contributed by atoms with van der Waals surface area (Å²) in [5, 5.41) is 10.3. The van der Waals surface area contributed by atoms with Crippen molar-refractivity contribution in [2.45, 2.75) is 13.8 Å². The van der Waals surface area contributed by atoms with E-state index in [0.29, 0.717) is 28.0 Å². The third-order valence-corrected chi connectivity index (χ3v) is 4.05. The third kappa shape index (κ3) is 1.62. The van der Waals surface area contributed by atoms with E-state index >= 15 is 0 Å². The van der Waals surface area contributed by atoms with Gasteiger partial charge in [-0.3, -0.25) is 9.59 Å². The molecular weight excluding hydrogens is 268 g/mol. The number of hydrogen-bond donors (Lipinski definition) is 1. The number of methoxy groups -OCH3 is 1. The first-order valence-electron chi connectivity index (χ1n) is 6.57. The lowest BCUT2D eigenvalue weighted by molar-refractivity contribution is 0.0973. The first-order chi connectivity index (χ1) is 9.99. The van der Waals surface area contributed by atoms with Crippen LogP contribution < -0.4 is 4.74 Å². The molecule has 4 heteroatoms. The van der Waals surface area contributed by atoms with E-state index in [1.54, 1.807) is 38.1 Å². The van der Waals surface area contributed by atoms with E-state index in [1.165, 1.54) is 7.11 Å². The number of ketones is 2. The Morgan fingerprint density at radius 3 is 1.95 bits per heavy atom. The van der Waals surface area contributed by atoms with Crippen LogP contribution in [0.2, 0.25) is 0 Å². The van der Waals surface area contributed by atoms with E-state index in [1.807, 2.05) is 0 Å². The minimum absolute atomic E-state index is 0.0404. The monoisotopic (exact) mass is 282 g/mol. The van der Waals surface area contributed by atoms with Gasteiger partial charge >= 0.3 is 0 Å². The van der Waals surface area contributed by atoms with Crippen LogP contribution in [0, 0.1) is 13.8 Å². The van der Waals surface area contributed by atoms with Gasteiger partial charge < -0.3 is 9.84 Å². The van der Waals surface area contributed by atoms with Crippen LogP contribution in [0.25, 0.3) is 0 Å². The molecule has 0 heterocycles. The number of rotatable bonds is 1. The first kappa shape index (κ1) is 13.4. The number of carbonyl (C=O) groups is 2. The SMILES string of the molecule is COc1c(C)c(C)c(O)c2c1C(=O)c1ccccc1C2=O. The summed E-state index contributed by atoms with van der Waals surface area (Å²) in [6.45, 7) is 3.46. The van der Waals surface area contributed by atoms with Crippen molar-refractivity contribution in [2.24, 2.45) is 0 Å². The summed E-state index contributed by atoms with van der Waals surface area (Å²) >= 11 is 0. The van der Waals surface area contributed by atoms with Gasteiger partial charge in [-0.1, -0.05) is 24.3 Å². The van der Waals surface area contributed by atoms with Gasteiger partial charge in [-0.15, -0.1) is 0 Å². The molecule has 0 fully saturated rings. The largest absolute Gasteiger partial charge is 0.507 e. The molecule has 0 saturated heterocycles. The Morgan fingerprint density at radius 1 is 0.905 bits per heavy atom. The van der Waals surface area contributed by atoms with Crippen LogP contribution in [-0.2, 0) is 0 Å². The standard InChI is InChI=1S/C17H14O4/c1-8-9(2)17(21-3)13-12(14(8)18)15(19)10-6-4-5-7-11(10)16(13)20/h4-7,18H,1-3H3. The Kier molecular flexibility index (Phi) is 2.83. The van der Waals surface area contributed by atoms with Crippen molar-refractivity contribution in [1.82, 2.24) is 0 Å². The first-order valence-corrected chi connectivity index (χ1v) is 6.57. The molecule has 2 aromatic rings. The number of hydrogen-bond acceptors (Lipinski definition) is 4. The van der Waals surface area contributed by atoms with Gasteiger partial charge in [0.1, 0.15) is 11.5 Å². The molecular formula is C17H14O4. The molecule has 0 aromatic heterocycles. The highest BCUT2D eigenvalue weighted by Gasteiger charge is 2.36. The maximum atomic E-state index is 12.7. The van der Waals surface area contributed by atoms with E-state index < -0.39 is 0 Å². The van der Waals surface area contributed by atoms with Crippen molar-refractivity contribution < 1.29 is 19.4 Å². The van der Waals surface area contributed by atoms with Crippen LogP contribution in [0.15, 0.2) is 24.3 Å². The molecule has 0 bridgehead atoms. The fourth-order valence-corrected chi connectivity index (χ4v) is 2.80. The zero-order valence-electron chi connectivity index (χ0n) is 12.0. The van der Waals surface area contributed by atoms with Gasteiger partial charge in [-0.25, -0.2) is 0 Å². The van der Waals surface area contributed by atoms with Crippen molar-refractivity contribution >= 4 is 11.6 Å². The summed E-state index contributed by atoms with van der Waals surface area (Å²) in [5.41, 5.74) is 2.06. The van der Waals surface area contributed by atoms with Gasteiger partial charge in [0.15, 0.2) is 11.6 Å². The molecule has 0 atom stereocenters. The van der Waals surface area contributed by atoms with E-state index in [4.69, 9.17) is 4.74 Å². The topological polar surface area (TPSA) is 63.6 Å². The van der Waals surface area contributed by atoms with Crippen LogP contribution in [0.4, 0.5) is 0 Å². The number of benzene rings is 2. The van der Waals surface area contributed by atoms with Gasteiger partial charge in [0.05, 0.1) is 18.2 Å². The van der Waals surface area contributed by atoms with Gasteiger partial charge in [0, 0.05) is 11.1 Å². The molecule has 21 heavy (non-hydrogen) atoms. The second kappa shape index (κ2) is 4.45. The normalized spacial score (nSPS) is 12.9. The Labute approximate surface area is 122 Å².